The summed E-state index contributed by atoms with van der Waals surface area (Å²) in [7, 11) is 0. The first-order valence-electron chi connectivity index (χ1n) is 6.20. The van der Waals surface area contributed by atoms with Gasteiger partial charge in [0.1, 0.15) is 0 Å². The molecule has 1 saturated heterocycles. The Balaban J connectivity index is 3.10. The molecule has 0 bridgehead atoms. The van der Waals surface area contributed by atoms with E-state index in [9.17, 15) is 24.6 Å². The fourth-order valence-corrected chi connectivity index (χ4v) is 2.01. The van der Waals surface area contributed by atoms with Gasteiger partial charge < -0.3 is 30.7 Å². The molecule has 1 rings (SSSR count). The number of primary amides is 1. The van der Waals surface area contributed by atoms with Gasteiger partial charge in [-0.25, -0.2) is 4.79 Å². The van der Waals surface area contributed by atoms with E-state index in [1.165, 1.54) is 6.92 Å². The van der Waals surface area contributed by atoms with Crippen LogP contribution in [0, 0.1) is 0 Å². The molecule has 22 heavy (non-hydrogen) atoms. The molecule has 0 aromatic rings. The number of hydrogen-bond acceptors (Lipinski definition) is 7. The molecule has 0 aliphatic carbocycles. The molecule has 1 aliphatic heterocycles. The third kappa shape index (κ3) is 3.46. The van der Waals surface area contributed by atoms with Crippen LogP contribution in [0.4, 0.5) is 0 Å². The van der Waals surface area contributed by atoms with Crippen LogP contribution in [0.5, 0.6) is 0 Å². The van der Waals surface area contributed by atoms with Crippen LogP contribution in [0.2, 0.25) is 0 Å². The van der Waals surface area contributed by atoms with Gasteiger partial charge in [-0.1, -0.05) is 22.5 Å². The van der Waals surface area contributed by atoms with E-state index in [1.54, 1.807) is 0 Å². The number of halogens is 1. The summed E-state index contributed by atoms with van der Waals surface area (Å²) in [5, 5.41) is 21.5. The van der Waals surface area contributed by atoms with E-state index in [2.05, 4.69) is 22.5 Å². The van der Waals surface area contributed by atoms with E-state index in [0.29, 0.717) is 4.48 Å². The van der Waals surface area contributed by atoms with Crippen molar-refractivity contribution in [2.75, 3.05) is 13.2 Å². The van der Waals surface area contributed by atoms with Crippen LogP contribution in [0.15, 0.2) is 11.1 Å². The molecule has 0 radical (unpaired) electrons. The van der Waals surface area contributed by atoms with Crippen molar-refractivity contribution in [2.24, 2.45) is 5.73 Å². The average molecular weight is 381 g/mol. The Morgan fingerprint density at radius 3 is 2.59 bits per heavy atom. The summed E-state index contributed by atoms with van der Waals surface area (Å²) in [4.78, 5) is 34.5. The standard InChI is InChI=1S/C12H17BrN2O7/c1-6(13)3-4-21-12(15-8(18)7(14)17)9(19)11(2,5-16)22-10(12)20/h9,16,19H,1,3-5H2,2H3,(H2,14,17)(H,15,18)/t9-,11-,12-/m0/s1. The fourth-order valence-electron chi connectivity index (χ4n) is 1.85. The zero-order valence-electron chi connectivity index (χ0n) is 11.8. The molecular weight excluding hydrogens is 364 g/mol. The number of carbonyl (C=O) groups is 3. The Bertz CT molecular complexity index is 512. The number of esters is 1. The number of hydrogen-bond donors (Lipinski definition) is 4. The molecule has 1 heterocycles. The summed E-state index contributed by atoms with van der Waals surface area (Å²) in [5.41, 5.74) is 0.787. The summed E-state index contributed by atoms with van der Waals surface area (Å²) in [6.45, 7) is 3.97. The first kappa shape index (κ1) is 18.6. The Morgan fingerprint density at radius 1 is 1.59 bits per heavy atom. The van der Waals surface area contributed by atoms with Gasteiger partial charge in [-0.15, -0.1) is 0 Å². The lowest BCUT2D eigenvalue weighted by Crippen LogP contribution is -2.65. The Morgan fingerprint density at radius 2 is 2.18 bits per heavy atom. The van der Waals surface area contributed by atoms with E-state index >= 15 is 0 Å². The molecule has 2 amide bonds. The number of amides is 2. The van der Waals surface area contributed by atoms with Crippen LogP contribution in [-0.2, 0) is 23.9 Å². The van der Waals surface area contributed by atoms with Gasteiger partial charge in [-0.2, -0.15) is 0 Å². The van der Waals surface area contributed by atoms with Gasteiger partial charge in [0.2, 0.25) is 0 Å². The number of aliphatic hydroxyl groups is 2. The largest absolute Gasteiger partial charge is 0.450 e. The molecule has 10 heteroatoms. The van der Waals surface area contributed by atoms with E-state index in [0.717, 1.165) is 0 Å². The van der Waals surface area contributed by atoms with Gasteiger partial charge in [-0.05, 0) is 11.4 Å². The van der Waals surface area contributed by atoms with E-state index < -0.39 is 41.8 Å². The van der Waals surface area contributed by atoms with Crippen LogP contribution >= 0.6 is 15.9 Å². The molecule has 0 aromatic heterocycles. The number of rotatable bonds is 6. The monoisotopic (exact) mass is 380 g/mol. The second-order valence-electron chi connectivity index (χ2n) is 4.93. The normalized spacial score (nSPS) is 30.7. The van der Waals surface area contributed by atoms with Gasteiger partial charge in [0.25, 0.3) is 5.72 Å². The Kier molecular flexibility index (Phi) is 5.68. The lowest BCUT2D eigenvalue weighted by atomic mass is 9.94. The lowest BCUT2D eigenvalue weighted by molar-refractivity contribution is -0.174. The van der Waals surface area contributed by atoms with E-state index in [4.69, 9.17) is 15.2 Å². The first-order valence-corrected chi connectivity index (χ1v) is 7.00. The fraction of sp³-hybridized carbons (Fsp3) is 0.583. The van der Waals surface area contributed by atoms with Gasteiger partial charge in [0.15, 0.2) is 11.7 Å². The van der Waals surface area contributed by atoms with E-state index in [1.807, 2.05) is 5.32 Å². The van der Waals surface area contributed by atoms with Crippen LogP contribution in [-0.4, -0.2) is 58.6 Å². The third-order valence-corrected chi connectivity index (χ3v) is 3.53. The number of carbonyl (C=O) groups excluding carboxylic acids is 3. The molecule has 0 aromatic carbocycles. The Hall–Kier alpha value is -1.49. The molecule has 0 spiro atoms. The SMILES string of the molecule is C=C(Br)CCO[C@]1(NC(=O)C(N)=O)C(=O)O[C@@](C)(CO)[C@@H]1O. The molecule has 5 N–H and O–H groups in total. The van der Waals surface area contributed by atoms with Crippen LogP contribution in [0.1, 0.15) is 13.3 Å². The molecule has 9 nitrogen and oxygen atoms in total. The second-order valence-corrected chi connectivity index (χ2v) is 6.05. The maximum atomic E-state index is 12.1. The summed E-state index contributed by atoms with van der Waals surface area (Å²) < 4.78 is 10.7. The minimum Gasteiger partial charge on any atom is -0.450 e. The summed E-state index contributed by atoms with van der Waals surface area (Å²) in [5.74, 6) is -3.85. The van der Waals surface area contributed by atoms with Crippen molar-refractivity contribution in [3.8, 4) is 0 Å². The average Bonchev–Trinajstić information content (AvgIpc) is 2.60. The van der Waals surface area contributed by atoms with Gasteiger partial charge in [-0.3, -0.25) is 9.59 Å². The third-order valence-electron chi connectivity index (χ3n) is 3.13. The smallest absolute Gasteiger partial charge is 0.363 e. The molecular formula is C12H17BrN2O7. The predicted octanol–water partition coefficient (Wildman–Crippen LogP) is -1.73. The molecule has 0 unspecified atom stereocenters. The van der Waals surface area contributed by atoms with Crippen LogP contribution in [0.3, 0.4) is 0 Å². The van der Waals surface area contributed by atoms with Crippen molar-refractivity contribution in [1.29, 1.82) is 0 Å². The van der Waals surface area contributed by atoms with Crippen molar-refractivity contribution in [1.82, 2.24) is 5.32 Å². The first-order chi connectivity index (χ1) is 10.1. The van der Waals surface area contributed by atoms with Gasteiger partial charge in [0, 0.05) is 6.42 Å². The maximum absolute atomic E-state index is 12.1. The quantitative estimate of drug-likeness (QED) is 0.243. The topological polar surface area (TPSA) is 148 Å². The summed E-state index contributed by atoms with van der Waals surface area (Å²) >= 11 is 3.09. The highest BCUT2D eigenvalue weighted by Gasteiger charge is 2.65. The van der Waals surface area contributed by atoms with Crippen molar-refractivity contribution < 1.29 is 34.1 Å². The summed E-state index contributed by atoms with van der Waals surface area (Å²) in [6, 6.07) is 0. The Labute approximate surface area is 134 Å². The maximum Gasteiger partial charge on any atom is 0.363 e. The van der Waals surface area contributed by atoms with E-state index in [-0.39, 0.29) is 13.0 Å². The van der Waals surface area contributed by atoms with Crippen molar-refractivity contribution in [3.63, 3.8) is 0 Å². The zero-order chi connectivity index (χ0) is 17.1. The van der Waals surface area contributed by atoms with Crippen molar-refractivity contribution in [3.05, 3.63) is 11.1 Å². The number of aliphatic hydroxyl groups excluding tert-OH is 2. The highest BCUT2D eigenvalue weighted by molar-refractivity contribution is 9.11. The minimum absolute atomic E-state index is 0.128. The number of nitrogens with two attached hydrogens (primary N) is 1. The molecule has 124 valence electrons. The van der Waals surface area contributed by atoms with Crippen LogP contribution in [0.25, 0.3) is 0 Å². The number of cyclic esters (lactones) is 1. The minimum atomic E-state index is -2.34. The summed E-state index contributed by atoms with van der Waals surface area (Å²) in [6.07, 6.45) is -1.51. The molecule has 1 fully saturated rings. The van der Waals surface area contributed by atoms with Crippen LogP contribution < -0.4 is 11.1 Å². The molecule has 1 aliphatic rings. The number of ether oxygens (including phenoxy) is 2. The highest BCUT2D eigenvalue weighted by Crippen LogP contribution is 2.35. The van der Waals surface area contributed by atoms with Gasteiger partial charge in [0.05, 0.1) is 13.2 Å². The number of nitrogens with one attached hydrogen (secondary N) is 1. The van der Waals surface area contributed by atoms with Crippen molar-refractivity contribution in [2.45, 2.75) is 30.8 Å². The molecule has 3 atom stereocenters. The highest BCUT2D eigenvalue weighted by atomic mass is 79.9. The molecule has 0 saturated carbocycles. The van der Waals surface area contributed by atoms with Crippen molar-refractivity contribution >= 4 is 33.7 Å². The predicted molar refractivity (Wildman–Crippen MR) is 76.3 cm³/mol. The zero-order valence-corrected chi connectivity index (χ0v) is 13.4. The second kappa shape index (κ2) is 6.73. The lowest BCUT2D eigenvalue weighted by Gasteiger charge is -2.32. The van der Waals surface area contributed by atoms with Gasteiger partial charge >= 0.3 is 17.8 Å².